The molecule has 0 saturated carbocycles. The zero-order valence-electron chi connectivity index (χ0n) is 14.6. The summed E-state index contributed by atoms with van der Waals surface area (Å²) in [7, 11) is 0. The second kappa shape index (κ2) is 7.23. The van der Waals surface area contributed by atoms with E-state index in [2.05, 4.69) is 19.9 Å². The number of fused-ring (bicyclic) bond motifs is 1. The van der Waals surface area contributed by atoms with Crippen LogP contribution >= 0.6 is 0 Å². The fourth-order valence-corrected chi connectivity index (χ4v) is 3.27. The molecule has 1 aliphatic heterocycles. The molecule has 9 heteroatoms. The van der Waals surface area contributed by atoms with Gasteiger partial charge in [0.15, 0.2) is 5.82 Å². The zero-order valence-corrected chi connectivity index (χ0v) is 14.6. The summed E-state index contributed by atoms with van der Waals surface area (Å²) in [6.45, 7) is 0.697. The van der Waals surface area contributed by atoms with Crippen LogP contribution in [0.2, 0.25) is 0 Å². The molecule has 28 heavy (non-hydrogen) atoms. The van der Waals surface area contributed by atoms with Gasteiger partial charge in [-0.25, -0.2) is 24.3 Å². The van der Waals surface area contributed by atoms with Crippen molar-refractivity contribution in [3.05, 3.63) is 71.3 Å². The first kappa shape index (κ1) is 18.4. The van der Waals surface area contributed by atoms with Crippen LogP contribution in [0.5, 0.6) is 0 Å². The molecular formula is C19H15F4N5. The van der Waals surface area contributed by atoms with Crippen LogP contribution in [0.15, 0.2) is 43.1 Å². The van der Waals surface area contributed by atoms with Crippen LogP contribution < -0.4 is 0 Å². The normalized spacial score (nSPS) is 14.7. The third-order valence-electron chi connectivity index (χ3n) is 4.64. The SMILES string of the molecule is Fc1cccc(C(F)(F)F)c1CN1CCc2nc(-c3cncnc3)ncc2C1. The van der Waals surface area contributed by atoms with Crippen molar-refractivity contribution in [2.24, 2.45) is 0 Å². The molecule has 0 atom stereocenters. The third-order valence-corrected chi connectivity index (χ3v) is 4.64. The summed E-state index contributed by atoms with van der Waals surface area (Å²) in [5.74, 6) is -0.349. The number of halogens is 4. The first-order valence-corrected chi connectivity index (χ1v) is 8.59. The number of aromatic nitrogens is 4. The summed E-state index contributed by atoms with van der Waals surface area (Å²) in [6, 6.07) is 3.04. The van der Waals surface area contributed by atoms with E-state index in [4.69, 9.17) is 0 Å². The topological polar surface area (TPSA) is 54.8 Å². The fourth-order valence-electron chi connectivity index (χ4n) is 3.27. The Hall–Kier alpha value is -2.94. The van der Waals surface area contributed by atoms with Crippen LogP contribution in [-0.2, 0) is 25.7 Å². The molecule has 1 aliphatic rings. The van der Waals surface area contributed by atoms with E-state index in [9.17, 15) is 17.6 Å². The molecule has 5 nitrogen and oxygen atoms in total. The Labute approximate surface area is 158 Å². The van der Waals surface area contributed by atoms with Gasteiger partial charge in [-0.1, -0.05) is 6.07 Å². The first-order chi connectivity index (χ1) is 13.4. The highest BCUT2D eigenvalue weighted by molar-refractivity contribution is 5.52. The quantitative estimate of drug-likeness (QED) is 0.640. The molecule has 0 radical (unpaired) electrons. The van der Waals surface area contributed by atoms with E-state index >= 15 is 0 Å². The molecule has 1 aromatic carbocycles. The van der Waals surface area contributed by atoms with Crippen molar-refractivity contribution in [1.29, 1.82) is 0 Å². The van der Waals surface area contributed by atoms with E-state index in [1.54, 1.807) is 23.5 Å². The van der Waals surface area contributed by atoms with Gasteiger partial charge < -0.3 is 0 Å². The lowest BCUT2D eigenvalue weighted by atomic mass is 10.0. The predicted octanol–water partition coefficient (Wildman–Crippen LogP) is 3.65. The van der Waals surface area contributed by atoms with Gasteiger partial charge in [0.2, 0.25) is 0 Å². The third kappa shape index (κ3) is 3.70. The standard InChI is InChI=1S/C19H15F4N5/c20-16-3-1-2-15(19(21,22)23)14(16)10-28-5-4-17-13(9-28)8-26-18(27-17)12-6-24-11-25-7-12/h1-3,6-8,11H,4-5,9-10H2. The molecule has 3 aromatic rings. The minimum atomic E-state index is -4.60. The maximum atomic E-state index is 14.1. The molecule has 0 unspecified atom stereocenters. The van der Waals surface area contributed by atoms with Gasteiger partial charge in [-0.05, 0) is 12.1 Å². The summed E-state index contributed by atoms with van der Waals surface area (Å²) < 4.78 is 53.7. The Morgan fingerprint density at radius 2 is 1.86 bits per heavy atom. The van der Waals surface area contributed by atoms with Crippen LogP contribution in [-0.4, -0.2) is 31.4 Å². The van der Waals surface area contributed by atoms with Gasteiger partial charge in [-0.2, -0.15) is 13.2 Å². The van der Waals surface area contributed by atoms with Crippen LogP contribution in [0.3, 0.4) is 0 Å². The van der Waals surface area contributed by atoms with Gasteiger partial charge in [-0.15, -0.1) is 0 Å². The molecule has 144 valence electrons. The van der Waals surface area contributed by atoms with Gasteiger partial charge in [0, 0.05) is 55.8 Å². The molecule has 4 rings (SSSR count). The van der Waals surface area contributed by atoms with E-state index < -0.39 is 17.6 Å². The highest BCUT2D eigenvalue weighted by Crippen LogP contribution is 2.34. The Balaban J connectivity index is 1.56. The van der Waals surface area contributed by atoms with Crippen LogP contribution in [0, 0.1) is 5.82 Å². The monoisotopic (exact) mass is 389 g/mol. The number of benzene rings is 1. The smallest absolute Gasteiger partial charge is 0.294 e. The van der Waals surface area contributed by atoms with Crippen LogP contribution in [0.4, 0.5) is 17.6 Å². The molecule has 0 fully saturated rings. The van der Waals surface area contributed by atoms with Gasteiger partial charge >= 0.3 is 6.18 Å². The van der Waals surface area contributed by atoms with Crippen molar-refractivity contribution < 1.29 is 17.6 Å². The summed E-state index contributed by atoms with van der Waals surface area (Å²) in [5.41, 5.74) is 1.06. The lowest BCUT2D eigenvalue weighted by Crippen LogP contribution is -2.32. The van der Waals surface area contributed by atoms with Crippen molar-refractivity contribution in [3.63, 3.8) is 0 Å². The van der Waals surface area contributed by atoms with E-state index in [1.165, 1.54) is 6.33 Å². The van der Waals surface area contributed by atoms with Crippen molar-refractivity contribution in [1.82, 2.24) is 24.8 Å². The minimum Gasteiger partial charge on any atom is -0.294 e. The van der Waals surface area contributed by atoms with E-state index in [0.717, 1.165) is 29.5 Å². The molecule has 0 N–H and O–H groups in total. The summed E-state index contributed by atoms with van der Waals surface area (Å²) in [6.07, 6.45) is 2.23. The van der Waals surface area contributed by atoms with Gasteiger partial charge in [0.1, 0.15) is 12.1 Å². The summed E-state index contributed by atoms with van der Waals surface area (Å²) >= 11 is 0. The van der Waals surface area contributed by atoms with Crippen LogP contribution in [0.1, 0.15) is 22.4 Å². The molecule has 0 bridgehead atoms. The Morgan fingerprint density at radius 1 is 1.07 bits per heavy atom. The van der Waals surface area contributed by atoms with Crippen molar-refractivity contribution in [2.75, 3.05) is 6.54 Å². The van der Waals surface area contributed by atoms with E-state index in [0.29, 0.717) is 30.9 Å². The number of hydrogen-bond donors (Lipinski definition) is 0. The number of hydrogen-bond acceptors (Lipinski definition) is 5. The molecule has 2 aromatic heterocycles. The highest BCUT2D eigenvalue weighted by Gasteiger charge is 2.35. The molecule has 3 heterocycles. The van der Waals surface area contributed by atoms with Gasteiger partial charge in [0.05, 0.1) is 16.8 Å². The maximum Gasteiger partial charge on any atom is 0.416 e. The lowest BCUT2D eigenvalue weighted by molar-refractivity contribution is -0.138. The van der Waals surface area contributed by atoms with Crippen molar-refractivity contribution in [2.45, 2.75) is 25.7 Å². The summed E-state index contributed by atoms with van der Waals surface area (Å²) in [5, 5.41) is 0. The van der Waals surface area contributed by atoms with Crippen LogP contribution in [0.25, 0.3) is 11.4 Å². The first-order valence-electron chi connectivity index (χ1n) is 8.59. The van der Waals surface area contributed by atoms with Crippen molar-refractivity contribution >= 4 is 0 Å². The largest absolute Gasteiger partial charge is 0.416 e. The Morgan fingerprint density at radius 3 is 2.61 bits per heavy atom. The zero-order chi connectivity index (χ0) is 19.7. The molecular weight excluding hydrogens is 374 g/mol. The molecule has 0 aliphatic carbocycles. The molecule has 0 saturated heterocycles. The van der Waals surface area contributed by atoms with E-state index in [1.807, 2.05) is 0 Å². The number of alkyl halides is 3. The molecule has 0 spiro atoms. The second-order valence-corrected chi connectivity index (χ2v) is 6.52. The predicted molar refractivity (Wildman–Crippen MR) is 92.3 cm³/mol. The van der Waals surface area contributed by atoms with E-state index in [-0.39, 0.29) is 12.1 Å². The summed E-state index contributed by atoms with van der Waals surface area (Å²) in [4.78, 5) is 18.5. The Kier molecular flexibility index (Phi) is 4.76. The Bertz CT molecular complexity index is 991. The minimum absolute atomic E-state index is 0.130. The average Bonchev–Trinajstić information content (AvgIpc) is 2.69. The number of nitrogens with zero attached hydrogens (tertiary/aromatic N) is 5. The lowest BCUT2D eigenvalue weighted by Gasteiger charge is -2.29. The second-order valence-electron chi connectivity index (χ2n) is 6.52. The molecule has 0 amide bonds. The highest BCUT2D eigenvalue weighted by atomic mass is 19.4. The van der Waals surface area contributed by atoms with Gasteiger partial charge in [-0.3, -0.25) is 4.90 Å². The number of rotatable bonds is 3. The fraction of sp³-hybridized carbons (Fsp3) is 0.263. The van der Waals surface area contributed by atoms with Gasteiger partial charge in [0.25, 0.3) is 0 Å². The maximum absolute atomic E-state index is 14.1. The average molecular weight is 389 g/mol. The van der Waals surface area contributed by atoms with Crippen molar-refractivity contribution in [3.8, 4) is 11.4 Å².